The quantitative estimate of drug-likeness (QED) is 0.404. The standard InChI is InChI=1S/C22H27NS/c1-6-13-24-18(4)15-23-12-11-21-14-17(3)22(19(21)5)20-9-7-16(2)8-10-20/h6-10,12,21H,1,4-5,11,13-15H2,2-3H3. The molecule has 1 atom stereocenters. The van der Waals surface area contributed by atoms with Crippen LogP contribution in [0.1, 0.15) is 30.9 Å². The molecule has 0 amide bonds. The van der Waals surface area contributed by atoms with E-state index in [-0.39, 0.29) is 0 Å². The van der Waals surface area contributed by atoms with E-state index in [1.807, 2.05) is 12.3 Å². The zero-order valence-electron chi connectivity index (χ0n) is 14.8. The molecule has 1 aromatic carbocycles. The van der Waals surface area contributed by atoms with Crippen molar-refractivity contribution in [3.63, 3.8) is 0 Å². The molecular weight excluding hydrogens is 310 g/mol. The molecular formula is C22H27NS. The monoisotopic (exact) mass is 337 g/mol. The summed E-state index contributed by atoms with van der Waals surface area (Å²) in [6.07, 6.45) is 5.97. The fraction of sp³-hybridized carbons (Fsp3) is 0.318. The summed E-state index contributed by atoms with van der Waals surface area (Å²) in [6, 6.07) is 8.75. The van der Waals surface area contributed by atoms with Crippen LogP contribution in [0.2, 0.25) is 0 Å². The van der Waals surface area contributed by atoms with Crippen LogP contribution in [0.15, 0.2) is 71.1 Å². The highest BCUT2D eigenvalue weighted by Gasteiger charge is 2.25. The van der Waals surface area contributed by atoms with Gasteiger partial charge in [0, 0.05) is 5.75 Å². The molecule has 2 heteroatoms. The van der Waals surface area contributed by atoms with Crippen molar-refractivity contribution in [2.45, 2.75) is 26.7 Å². The molecule has 2 rings (SSSR count). The predicted molar refractivity (Wildman–Crippen MR) is 111 cm³/mol. The summed E-state index contributed by atoms with van der Waals surface area (Å²) in [5.41, 5.74) is 6.62. The zero-order chi connectivity index (χ0) is 17.5. The van der Waals surface area contributed by atoms with E-state index < -0.39 is 0 Å². The lowest BCUT2D eigenvalue weighted by Crippen LogP contribution is -2.00. The van der Waals surface area contributed by atoms with E-state index >= 15 is 0 Å². The average Bonchev–Trinajstić information content (AvgIpc) is 2.84. The number of thioether (sulfide) groups is 1. The Morgan fingerprint density at radius 3 is 2.67 bits per heavy atom. The molecule has 0 bridgehead atoms. The van der Waals surface area contributed by atoms with Crippen LogP contribution in [0.4, 0.5) is 0 Å². The van der Waals surface area contributed by atoms with Gasteiger partial charge in [-0.25, -0.2) is 0 Å². The molecule has 1 nitrogen and oxygen atoms in total. The van der Waals surface area contributed by atoms with Crippen LogP contribution in [0.25, 0.3) is 5.57 Å². The molecule has 0 N–H and O–H groups in total. The van der Waals surface area contributed by atoms with E-state index in [1.54, 1.807) is 11.8 Å². The van der Waals surface area contributed by atoms with Gasteiger partial charge in [0.15, 0.2) is 0 Å². The van der Waals surface area contributed by atoms with Crippen molar-refractivity contribution >= 4 is 23.5 Å². The van der Waals surface area contributed by atoms with E-state index in [0.29, 0.717) is 12.5 Å². The summed E-state index contributed by atoms with van der Waals surface area (Å²) in [7, 11) is 0. The van der Waals surface area contributed by atoms with Gasteiger partial charge in [-0.05, 0) is 60.4 Å². The Bertz CT molecular complexity index is 676. The van der Waals surface area contributed by atoms with Gasteiger partial charge in [0.05, 0.1) is 6.54 Å². The first kappa shape index (κ1) is 18.5. The lowest BCUT2D eigenvalue weighted by atomic mass is 9.93. The summed E-state index contributed by atoms with van der Waals surface area (Å²) in [5.74, 6) is 1.37. The molecule has 0 heterocycles. The minimum Gasteiger partial charge on any atom is -0.292 e. The molecule has 1 aromatic rings. The van der Waals surface area contributed by atoms with Crippen LogP contribution >= 0.6 is 11.8 Å². The Labute approximate surface area is 151 Å². The highest BCUT2D eigenvalue weighted by Crippen LogP contribution is 2.42. The van der Waals surface area contributed by atoms with E-state index in [4.69, 9.17) is 0 Å². The van der Waals surface area contributed by atoms with Gasteiger partial charge in [0.25, 0.3) is 0 Å². The van der Waals surface area contributed by atoms with Crippen LogP contribution in [0.3, 0.4) is 0 Å². The number of hydrogen-bond acceptors (Lipinski definition) is 2. The second-order valence-electron chi connectivity index (χ2n) is 6.34. The second kappa shape index (κ2) is 8.89. The molecule has 0 saturated carbocycles. The highest BCUT2D eigenvalue weighted by atomic mass is 32.2. The second-order valence-corrected chi connectivity index (χ2v) is 7.54. The summed E-state index contributed by atoms with van der Waals surface area (Å²) in [5, 5.41) is 0. The number of benzene rings is 1. The topological polar surface area (TPSA) is 12.4 Å². The number of rotatable bonds is 8. The van der Waals surface area contributed by atoms with Gasteiger partial charge in [-0.2, -0.15) is 0 Å². The third-order valence-electron chi connectivity index (χ3n) is 4.33. The first-order valence-corrected chi connectivity index (χ1v) is 9.37. The maximum atomic E-state index is 4.52. The van der Waals surface area contributed by atoms with Crippen molar-refractivity contribution in [1.29, 1.82) is 0 Å². The molecule has 0 saturated heterocycles. The van der Waals surface area contributed by atoms with Crippen molar-refractivity contribution in [1.82, 2.24) is 0 Å². The van der Waals surface area contributed by atoms with Crippen LogP contribution in [-0.4, -0.2) is 18.5 Å². The summed E-state index contributed by atoms with van der Waals surface area (Å²) in [4.78, 5) is 5.61. The first-order chi connectivity index (χ1) is 11.5. The van der Waals surface area contributed by atoms with E-state index in [9.17, 15) is 0 Å². The molecule has 126 valence electrons. The van der Waals surface area contributed by atoms with Gasteiger partial charge >= 0.3 is 0 Å². The van der Waals surface area contributed by atoms with Crippen molar-refractivity contribution in [3.8, 4) is 0 Å². The number of hydrogen-bond donors (Lipinski definition) is 0. The van der Waals surface area contributed by atoms with Crippen LogP contribution in [0.5, 0.6) is 0 Å². The lowest BCUT2D eigenvalue weighted by molar-refractivity contribution is 0.684. The van der Waals surface area contributed by atoms with E-state index in [2.05, 4.69) is 62.8 Å². The van der Waals surface area contributed by atoms with Crippen LogP contribution in [0, 0.1) is 12.8 Å². The number of aliphatic imine (C=N–C) groups is 1. The SMILES string of the molecule is C=CCSC(=C)CN=CCC1CC(C)=C(c2ccc(C)cc2)C1=C. The van der Waals surface area contributed by atoms with Crippen molar-refractivity contribution < 1.29 is 0 Å². The smallest absolute Gasteiger partial charge is 0.0688 e. The Hall–Kier alpha value is -1.80. The molecule has 0 aliphatic heterocycles. The van der Waals surface area contributed by atoms with Crippen molar-refractivity contribution in [2.75, 3.05) is 12.3 Å². The normalized spacial score (nSPS) is 17.8. The highest BCUT2D eigenvalue weighted by molar-refractivity contribution is 8.03. The van der Waals surface area contributed by atoms with Gasteiger partial charge in [0.2, 0.25) is 0 Å². The van der Waals surface area contributed by atoms with Gasteiger partial charge in [0.1, 0.15) is 0 Å². The molecule has 0 spiro atoms. The fourth-order valence-corrected chi connectivity index (χ4v) is 3.56. The predicted octanol–water partition coefficient (Wildman–Crippen LogP) is 6.24. The minimum atomic E-state index is 0.471. The van der Waals surface area contributed by atoms with E-state index in [0.717, 1.165) is 23.5 Å². The fourth-order valence-electron chi connectivity index (χ4n) is 3.04. The Balaban J connectivity index is 1.91. The van der Waals surface area contributed by atoms with Crippen molar-refractivity contribution in [2.24, 2.45) is 10.9 Å². The lowest BCUT2D eigenvalue weighted by Gasteiger charge is -2.12. The maximum Gasteiger partial charge on any atom is 0.0688 e. The number of aryl methyl sites for hydroxylation is 1. The third-order valence-corrected chi connectivity index (χ3v) is 5.27. The van der Waals surface area contributed by atoms with Crippen molar-refractivity contribution in [3.05, 3.63) is 77.3 Å². The third kappa shape index (κ3) is 4.85. The Kier molecular flexibility index (Phi) is 6.86. The average molecular weight is 338 g/mol. The Morgan fingerprint density at radius 2 is 2.00 bits per heavy atom. The Morgan fingerprint density at radius 1 is 1.29 bits per heavy atom. The summed E-state index contributed by atoms with van der Waals surface area (Å²) < 4.78 is 0. The van der Waals surface area contributed by atoms with Crippen LogP contribution in [-0.2, 0) is 0 Å². The molecule has 1 aliphatic rings. The van der Waals surface area contributed by atoms with Gasteiger partial charge in [-0.3, -0.25) is 4.99 Å². The number of allylic oxidation sites excluding steroid dienone is 3. The molecule has 0 aromatic heterocycles. The zero-order valence-corrected chi connectivity index (χ0v) is 15.7. The molecule has 1 aliphatic carbocycles. The molecule has 0 radical (unpaired) electrons. The van der Waals surface area contributed by atoms with Gasteiger partial charge < -0.3 is 0 Å². The summed E-state index contributed by atoms with van der Waals surface area (Å²) >= 11 is 1.71. The molecule has 24 heavy (non-hydrogen) atoms. The van der Waals surface area contributed by atoms with E-state index in [1.165, 1.54) is 27.8 Å². The van der Waals surface area contributed by atoms with Gasteiger partial charge in [-0.15, -0.1) is 18.3 Å². The summed E-state index contributed by atoms with van der Waals surface area (Å²) in [6.45, 7) is 17.1. The molecule has 0 fully saturated rings. The van der Waals surface area contributed by atoms with Crippen LogP contribution < -0.4 is 0 Å². The number of nitrogens with zero attached hydrogens (tertiary/aromatic N) is 1. The largest absolute Gasteiger partial charge is 0.292 e. The van der Waals surface area contributed by atoms with Gasteiger partial charge in [-0.1, -0.05) is 54.6 Å². The molecule has 1 unspecified atom stereocenters. The maximum absolute atomic E-state index is 4.52. The first-order valence-electron chi connectivity index (χ1n) is 8.38. The minimum absolute atomic E-state index is 0.471.